The van der Waals surface area contributed by atoms with Crippen molar-refractivity contribution in [2.24, 2.45) is 12.0 Å². The molecule has 2 aromatic rings. The summed E-state index contributed by atoms with van der Waals surface area (Å²) in [5.41, 5.74) is 1.23. The lowest BCUT2D eigenvalue weighted by Gasteiger charge is -2.32. The van der Waals surface area contributed by atoms with Gasteiger partial charge in [-0.2, -0.15) is 0 Å². The minimum atomic E-state index is -0.201. The lowest BCUT2D eigenvalue weighted by Crippen LogP contribution is -2.47. The van der Waals surface area contributed by atoms with Crippen LogP contribution in [-0.4, -0.2) is 70.1 Å². The molecule has 1 aliphatic heterocycles. The van der Waals surface area contributed by atoms with E-state index < -0.39 is 0 Å². The number of nitrogens with one attached hydrogen (secondary N) is 1. The first-order chi connectivity index (χ1) is 14.0. The molecule has 0 unspecified atom stereocenters. The maximum absolute atomic E-state index is 9.83. The third kappa shape index (κ3) is 6.83. The molecule has 2 N–H and O–H groups in total. The number of hydrogen-bond donors (Lipinski definition) is 2. The molecule has 1 aliphatic rings. The van der Waals surface area contributed by atoms with E-state index in [-0.39, 0.29) is 30.1 Å². The van der Waals surface area contributed by atoms with Crippen molar-refractivity contribution in [1.82, 2.24) is 25.0 Å². The fourth-order valence-corrected chi connectivity index (χ4v) is 3.41. The number of rotatable bonds is 7. The van der Waals surface area contributed by atoms with E-state index in [1.807, 2.05) is 24.6 Å². The number of benzene rings is 1. The van der Waals surface area contributed by atoms with E-state index in [9.17, 15) is 5.11 Å². The Bertz CT molecular complexity index is 788. The van der Waals surface area contributed by atoms with Gasteiger partial charge in [-0.3, -0.25) is 0 Å². The van der Waals surface area contributed by atoms with Crippen LogP contribution in [0.1, 0.15) is 30.9 Å². The molecule has 0 aliphatic carbocycles. The quantitative estimate of drug-likeness (QED) is 0.249. The highest BCUT2D eigenvalue weighted by atomic mass is 127. The number of hydrogen-bond acceptors (Lipinski definition) is 5. The number of likely N-dealkylation sites (tertiary alicyclic amines) is 1. The average Bonchev–Trinajstić information content (AvgIpc) is 3.06. The van der Waals surface area contributed by atoms with E-state index in [0.29, 0.717) is 6.54 Å². The SMILES string of the molecule is Cc1nnc(CN=C(NCCCN(C)c2ccccc2)N2CCC(O)CC2)n1C.I. The molecule has 30 heavy (non-hydrogen) atoms. The fourth-order valence-electron chi connectivity index (χ4n) is 3.41. The van der Waals surface area contributed by atoms with Gasteiger partial charge in [0.05, 0.1) is 6.10 Å². The molecular formula is C21H34IN7O. The molecule has 0 radical (unpaired) electrons. The van der Waals surface area contributed by atoms with Gasteiger partial charge < -0.3 is 24.8 Å². The summed E-state index contributed by atoms with van der Waals surface area (Å²) in [6.07, 6.45) is 2.36. The van der Waals surface area contributed by atoms with Gasteiger partial charge in [0.2, 0.25) is 0 Å². The Morgan fingerprint density at radius 2 is 1.93 bits per heavy atom. The molecule has 1 saturated heterocycles. The molecule has 8 nitrogen and oxygen atoms in total. The highest BCUT2D eigenvalue weighted by Gasteiger charge is 2.20. The number of aliphatic imine (C=N–C) groups is 1. The van der Waals surface area contributed by atoms with Crippen LogP contribution in [0.4, 0.5) is 5.69 Å². The van der Waals surface area contributed by atoms with Crippen molar-refractivity contribution in [3.63, 3.8) is 0 Å². The molecule has 0 saturated carbocycles. The molecule has 166 valence electrons. The van der Waals surface area contributed by atoms with E-state index in [1.165, 1.54) is 5.69 Å². The lowest BCUT2D eigenvalue weighted by atomic mass is 10.1. The van der Waals surface area contributed by atoms with Crippen LogP contribution in [0.5, 0.6) is 0 Å². The van der Waals surface area contributed by atoms with Gasteiger partial charge in [-0.05, 0) is 38.3 Å². The second kappa shape index (κ2) is 12.1. The number of aryl methyl sites for hydroxylation is 1. The average molecular weight is 527 g/mol. The minimum Gasteiger partial charge on any atom is -0.393 e. The number of aliphatic hydroxyl groups excluding tert-OH is 1. The number of para-hydroxylation sites is 1. The Morgan fingerprint density at radius 1 is 1.23 bits per heavy atom. The molecule has 1 aromatic carbocycles. The highest BCUT2D eigenvalue weighted by Crippen LogP contribution is 2.12. The fraction of sp³-hybridized carbons (Fsp3) is 0.571. The number of anilines is 1. The number of halogens is 1. The lowest BCUT2D eigenvalue weighted by molar-refractivity contribution is 0.108. The van der Waals surface area contributed by atoms with Gasteiger partial charge in [0, 0.05) is 46.0 Å². The maximum Gasteiger partial charge on any atom is 0.194 e. The molecule has 2 heterocycles. The Hall–Kier alpha value is -1.88. The van der Waals surface area contributed by atoms with Crippen molar-refractivity contribution >= 4 is 35.6 Å². The van der Waals surface area contributed by atoms with Gasteiger partial charge in [-0.1, -0.05) is 18.2 Å². The zero-order valence-corrected chi connectivity index (χ0v) is 20.5. The van der Waals surface area contributed by atoms with Gasteiger partial charge in [-0.25, -0.2) is 4.99 Å². The monoisotopic (exact) mass is 527 g/mol. The van der Waals surface area contributed by atoms with Gasteiger partial charge in [0.15, 0.2) is 11.8 Å². The topological polar surface area (TPSA) is 81.8 Å². The van der Waals surface area contributed by atoms with Gasteiger partial charge in [-0.15, -0.1) is 34.2 Å². The third-order valence-electron chi connectivity index (χ3n) is 5.47. The molecule has 9 heteroatoms. The predicted molar refractivity (Wildman–Crippen MR) is 131 cm³/mol. The van der Waals surface area contributed by atoms with Crippen molar-refractivity contribution < 1.29 is 5.11 Å². The number of nitrogens with zero attached hydrogens (tertiary/aromatic N) is 6. The van der Waals surface area contributed by atoms with E-state index in [4.69, 9.17) is 4.99 Å². The van der Waals surface area contributed by atoms with Crippen molar-refractivity contribution in [1.29, 1.82) is 0 Å². The van der Waals surface area contributed by atoms with Crippen LogP contribution in [-0.2, 0) is 13.6 Å². The van der Waals surface area contributed by atoms with Crippen LogP contribution < -0.4 is 10.2 Å². The third-order valence-corrected chi connectivity index (χ3v) is 5.47. The Balaban J connectivity index is 0.00000320. The molecule has 0 bridgehead atoms. The first-order valence-corrected chi connectivity index (χ1v) is 10.4. The number of aromatic nitrogens is 3. The van der Waals surface area contributed by atoms with Gasteiger partial charge in [0.25, 0.3) is 0 Å². The van der Waals surface area contributed by atoms with Gasteiger partial charge in [0.1, 0.15) is 12.4 Å². The second-order valence-corrected chi connectivity index (χ2v) is 7.62. The van der Waals surface area contributed by atoms with Crippen LogP contribution in [0, 0.1) is 6.92 Å². The highest BCUT2D eigenvalue weighted by molar-refractivity contribution is 14.0. The van der Waals surface area contributed by atoms with Crippen LogP contribution in [0.2, 0.25) is 0 Å². The Kier molecular flexibility index (Phi) is 9.83. The zero-order chi connectivity index (χ0) is 20.6. The molecule has 1 aromatic heterocycles. The standard InChI is InChI=1S/C21H33N7O.HI/c1-17-24-25-20(27(17)3)16-23-21(28-14-10-19(29)11-15-28)22-12-7-13-26(2)18-8-5-4-6-9-18;/h4-6,8-9,19,29H,7,10-16H2,1-3H3,(H,22,23);1H. The predicted octanol–water partition coefficient (Wildman–Crippen LogP) is 2.17. The van der Waals surface area contributed by atoms with Crippen LogP contribution in [0.3, 0.4) is 0 Å². The summed E-state index contributed by atoms with van der Waals surface area (Å²) in [6, 6.07) is 10.4. The molecule has 3 rings (SSSR count). The Labute approximate surface area is 196 Å². The second-order valence-electron chi connectivity index (χ2n) is 7.62. The minimum absolute atomic E-state index is 0. The first kappa shape index (κ1) is 24.4. The zero-order valence-electron chi connectivity index (χ0n) is 18.2. The van der Waals surface area contributed by atoms with Crippen molar-refractivity contribution in [3.05, 3.63) is 42.0 Å². The summed E-state index contributed by atoms with van der Waals surface area (Å²) in [5.74, 6) is 2.62. The van der Waals surface area contributed by atoms with Crippen molar-refractivity contribution in [2.75, 3.05) is 38.1 Å². The molecule has 0 spiro atoms. The summed E-state index contributed by atoms with van der Waals surface area (Å²) in [4.78, 5) is 9.30. The summed E-state index contributed by atoms with van der Waals surface area (Å²) in [6.45, 7) is 5.86. The normalized spacial score (nSPS) is 15.1. The van der Waals surface area contributed by atoms with E-state index in [1.54, 1.807) is 0 Å². The van der Waals surface area contributed by atoms with Crippen LogP contribution in [0.15, 0.2) is 35.3 Å². The maximum atomic E-state index is 9.83. The number of guanidine groups is 1. The largest absolute Gasteiger partial charge is 0.393 e. The molecular weight excluding hydrogens is 493 g/mol. The van der Waals surface area contributed by atoms with Crippen molar-refractivity contribution in [3.8, 4) is 0 Å². The van der Waals surface area contributed by atoms with Crippen LogP contribution >= 0.6 is 24.0 Å². The summed E-state index contributed by atoms with van der Waals surface area (Å²) in [7, 11) is 4.08. The summed E-state index contributed by atoms with van der Waals surface area (Å²) < 4.78 is 1.97. The summed E-state index contributed by atoms with van der Waals surface area (Å²) in [5, 5.41) is 21.7. The van der Waals surface area contributed by atoms with E-state index >= 15 is 0 Å². The van der Waals surface area contributed by atoms with Crippen molar-refractivity contribution in [2.45, 2.75) is 38.8 Å². The number of piperidine rings is 1. The molecule has 0 atom stereocenters. The Morgan fingerprint density at radius 3 is 2.57 bits per heavy atom. The first-order valence-electron chi connectivity index (χ1n) is 10.4. The molecule has 0 amide bonds. The number of aliphatic hydroxyl groups is 1. The van der Waals surface area contributed by atoms with E-state index in [2.05, 4.69) is 56.6 Å². The summed E-state index contributed by atoms with van der Waals surface area (Å²) >= 11 is 0. The van der Waals surface area contributed by atoms with Crippen LogP contribution in [0.25, 0.3) is 0 Å². The van der Waals surface area contributed by atoms with E-state index in [0.717, 1.165) is 63.0 Å². The molecule has 1 fully saturated rings. The smallest absolute Gasteiger partial charge is 0.194 e. The van der Waals surface area contributed by atoms with Gasteiger partial charge >= 0.3 is 0 Å².